The first-order chi connectivity index (χ1) is 8.70. The molecule has 0 saturated heterocycles. The highest BCUT2D eigenvalue weighted by Gasteiger charge is 2.32. The molecule has 3 rings (SSSR count). The monoisotopic (exact) mass is 243 g/mol. The Morgan fingerprint density at radius 3 is 2.94 bits per heavy atom. The predicted molar refractivity (Wildman–Crippen MR) is 72.4 cm³/mol. The van der Waals surface area contributed by atoms with Gasteiger partial charge < -0.3 is 15.6 Å². The Morgan fingerprint density at radius 2 is 2.28 bits per heavy atom. The van der Waals surface area contributed by atoms with Crippen LogP contribution in [-0.4, -0.2) is 28.4 Å². The topological polar surface area (TPSA) is 62.1 Å². The number of amides is 1. The molecule has 1 aromatic carbocycles. The zero-order valence-electron chi connectivity index (χ0n) is 10.4. The Kier molecular flexibility index (Phi) is 2.51. The lowest BCUT2D eigenvalue weighted by molar-refractivity contribution is 0.0754. The molecule has 4 heteroatoms. The summed E-state index contributed by atoms with van der Waals surface area (Å²) >= 11 is 0. The molecule has 1 fully saturated rings. The Labute approximate surface area is 106 Å². The lowest BCUT2D eigenvalue weighted by Gasteiger charge is -2.19. The van der Waals surface area contributed by atoms with E-state index in [0.29, 0.717) is 11.7 Å². The maximum Gasteiger partial charge on any atom is 0.256 e. The zero-order chi connectivity index (χ0) is 12.7. The fourth-order valence-corrected chi connectivity index (χ4v) is 2.42. The van der Waals surface area contributed by atoms with Crippen LogP contribution in [0.15, 0.2) is 24.4 Å². The second-order valence-electron chi connectivity index (χ2n) is 4.83. The van der Waals surface area contributed by atoms with Crippen molar-refractivity contribution in [2.24, 2.45) is 0 Å². The summed E-state index contributed by atoms with van der Waals surface area (Å²) in [7, 11) is 0. The van der Waals surface area contributed by atoms with Gasteiger partial charge in [0.05, 0.1) is 5.56 Å². The number of nitrogen functional groups attached to an aromatic ring is 1. The first-order valence-corrected chi connectivity index (χ1v) is 6.38. The average molecular weight is 243 g/mol. The van der Waals surface area contributed by atoms with Crippen molar-refractivity contribution in [3.05, 3.63) is 30.0 Å². The Bertz CT molecular complexity index is 598. The fraction of sp³-hybridized carbons (Fsp3) is 0.357. The normalized spacial score (nSPS) is 14.9. The third-order valence-corrected chi connectivity index (χ3v) is 3.53. The van der Waals surface area contributed by atoms with Crippen LogP contribution in [0.2, 0.25) is 0 Å². The van der Waals surface area contributed by atoms with Gasteiger partial charge in [-0.1, -0.05) is 0 Å². The number of carbonyl (C=O) groups excluding carboxylic acids is 1. The average Bonchev–Trinajstić information content (AvgIpc) is 3.09. The molecule has 1 aliphatic rings. The molecule has 4 nitrogen and oxygen atoms in total. The molecular formula is C14H17N3O. The van der Waals surface area contributed by atoms with Gasteiger partial charge in [-0.25, -0.2) is 0 Å². The van der Waals surface area contributed by atoms with E-state index in [1.54, 1.807) is 6.20 Å². The van der Waals surface area contributed by atoms with Gasteiger partial charge in [0, 0.05) is 35.4 Å². The lowest BCUT2D eigenvalue weighted by atomic mass is 10.1. The Morgan fingerprint density at radius 1 is 1.50 bits per heavy atom. The number of anilines is 1. The molecule has 94 valence electrons. The molecule has 1 saturated carbocycles. The number of carbonyl (C=O) groups is 1. The summed E-state index contributed by atoms with van der Waals surface area (Å²) in [5.74, 6) is 0.108. The van der Waals surface area contributed by atoms with Crippen LogP contribution < -0.4 is 5.73 Å². The summed E-state index contributed by atoms with van der Waals surface area (Å²) in [6, 6.07) is 6.05. The van der Waals surface area contributed by atoms with E-state index in [4.69, 9.17) is 5.73 Å². The van der Waals surface area contributed by atoms with Gasteiger partial charge in [0.1, 0.15) is 0 Å². The van der Waals surface area contributed by atoms with Gasteiger partial charge in [0.2, 0.25) is 0 Å². The standard InChI is InChI=1S/C14H17N3O/c1-2-17(10-4-5-10)14(18)12-8-16-13-6-3-9(15)7-11(12)13/h3,6-8,10,16H,2,4-5,15H2,1H3. The van der Waals surface area contributed by atoms with Gasteiger partial charge in [-0.15, -0.1) is 0 Å². The van der Waals surface area contributed by atoms with E-state index in [1.807, 2.05) is 30.0 Å². The third kappa shape index (κ3) is 1.74. The number of aromatic amines is 1. The largest absolute Gasteiger partial charge is 0.399 e. The van der Waals surface area contributed by atoms with Crippen LogP contribution in [0.4, 0.5) is 5.69 Å². The number of hydrogen-bond donors (Lipinski definition) is 2. The van der Waals surface area contributed by atoms with Gasteiger partial charge in [0.15, 0.2) is 0 Å². The molecule has 0 radical (unpaired) electrons. The molecule has 0 bridgehead atoms. The van der Waals surface area contributed by atoms with Crippen LogP contribution in [0.1, 0.15) is 30.1 Å². The van der Waals surface area contributed by atoms with Crippen molar-refractivity contribution in [1.29, 1.82) is 0 Å². The maximum absolute atomic E-state index is 12.5. The van der Waals surface area contributed by atoms with Crippen LogP contribution in [0.5, 0.6) is 0 Å². The van der Waals surface area contributed by atoms with Crippen molar-refractivity contribution >= 4 is 22.5 Å². The van der Waals surface area contributed by atoms with Gasteiger partial charge in [0.25, 0.3) is 5.91 Å². The number of rotatable bonds is 3. The number of aromatic nitrogens is 1. The number of hydrogen-bond acceptors (Lipinski definition) is 2. The van der Waals surface area contributed by atoms with Crippen molar-refractivity contribution < 1.29 is 4.79 Å². The molecule has 1 aliphatic carbocycles. The Hall–Kier alpha value is -1.97. The number of fused-ring (bicyclic) bond motifs is 1. The third-order valence-electron chi connectivity index (χ3n) is 3.53. The summed E-state index contributed by atoms with van der Waals surface area (Å²) < 4.78 is 0. The number of H-pyrrole nitrogens is 1. The van der Waals surface area contributed by atoms with Crippen LogP contribution in [0.25, 0.3) is 10.9 Å². The minimum absolute atomic E-state index is 0.108. The number of nitrogens with two attached hydrogens (primary N) is 1. The maximum atomic E-state index is 12.5. The Balaban J connectivity index is 2.02. The summed E-state index contributed by atoms with van der Waals surface area (Å²) in [5.41, 5.74) is 8.17. The minimum Gasteiger partial charge on any atom is -0.399 e. The zero-order valence-corrected chi connectivity index (χ0v) is 10.4. The second-order valence-corrected chi connectivity index (χ2v) is 4.83. The molecule has 18 heavy (non-hydrogen) atoms. The summed E-state index contributed by atoms with van der Waals surface area (Å²) in [5, 5.41) is 0.916. The van der Waals surface area contributed by atoms with Crippen molar-refractivity contribution in [3.63, 3.8) is 0 Å². The van der Waals surface area contributed by atoms with Crippen LogP contribution in [0.3, 0.4) is 0 Å². The predicted octanol–water partition coefficient (Wildman–Crippen LogP) is 2.37. The van der Waals surface area contributed by atoms with Crippen molar-refractivity contribution in [2.45, 2.75) is 25.8 Å². The highest BCUT2D eigenvalue weighted by molar-refractivity contribution is 6.07. The molecule has 2 aromatic rings. The van der Waals surface area contributed by atoms with Crippen LogP contribution >= 0.6 is 0 Å². The van der Waals surface area contributed by atoms with Crippen molar-refractivity contribution in [1.82, 2.24) is 9.88 Å². The van der Waals surface area contributed by atoms with E-state index in [1.165, 1.54) is 0 Å². The first kappa shape index (κ1) is 11.1. The molecule has 0 aliphatic heterocycles. The molecule has 3 N–H and O–H groups in total. The van der Waals surface area contributed by atoms with E-state index in [2.05, 4.69) is 4.98 Å². The van der Waals surface area contributed by atoms with E-state index in [9.17, 15) is 4.79 Å². The van der Waals surface area contributed by atoms with Crippen molar-refractivity contribution in [3.8, 4) is 0 Å². The van der Waals surface area contributed by atoms with Crippen molar-refractivity contribution in [2.75, 3.05) is 12.3 Å². The molecular weight excluding hydrogens is 226 g/mol. The second kappa shape index (κ2) is 4.05. The quantitative estimate of drug-likeness (QED) is 0.813. The number of benzene rings is 1. The number of nitrogens with zero attached hydrogens (tertiary/aromatic N) is 1. The van der Waals surface area contributed by atoms with E-state index < -0.39 is 0 Å². The highest BCUT2D eigenvalue weighted by atomic mass is 16.2. The fourth-order valence-electron chi connectivity index (χ4n) is 2.42. The smallest absolute Gasteiger partial charge is 0.256 e. The van der Waals surface area contributed by atoms with E-state index >= 15 is 0 Å². The van der Waals surface area contributed by atoms with Gasteiger partial charge >= 0.3 is 0 Å². The molecule has 0 spiro atoms. The van der Waals surface area contributed by atoms with Crippen LogP contribution in [0, 0.1) is 0 Å². The first-order valence-electron chi connectivity index (χ1n) is 6.38. The SMILES string of the molecule is CCN(C(=O)c1c[nH]c2ccc(N)cc12)C1CC1. The summed E-state index contributed by atoms with van der Waals surface area (Å²) in [6.45, 7) is 2.79. The summed E-state index contributed by atoms with van der Waals surface area (Å²) in [6.07, 6.45) is 4.05. The van der Waals surface area contributed by atoms with E-state index in [-0.39, 0.29) is 5.91 Å². The van der Waals surface area contributed by atoms with Gasteiger partial charge in [-0.3, -0.25) is 4.79 Å². The molecule has 0 unspecified atom stereocenters. The minimum atomic E-state index is 0.108. The highest BCUT2D eigenvalue weighted by Crippen LogP contribution is 2.30. The van der Waals surface area contributed by atoms with Gasteiger partial charge in [-0.2, -0.15) is 0 Å². The number of nitrogens with one attached hydrogen (secondary N) is 1. The van der Waals surface area contributed by atoms with E-state index in [0.717, 1.165) is 35.9 Å². The summed E-state index contributed by atoms with van der Waals surface area (Å²) in [4.78, 5) is 17.6. The molecule has 1 heterocycles. The van der Waals surface area contributed by atoms with Gasteiger partial charge in [-0.05, 0) is 38.0 Å². The molecule has 1 aromatic heterocycles. The lowest BCUT2D eigenvalue weighted by Crippen LogP contribution is -2.32. The molecule has 0 atom stereocenters. The molecule has 1 amide bonds. The van der Waals surface area contributed by atoms with Crippen LogP contribution in [-0.2, 0) is 0 Å².